The first kappa shape index (κ1) is 23.4. The number of carboxylic acids is 1. The SMILES string of the molecule is CC1C=CC(N2C(=O)C(CNc3cccc(C(=O)O)c3O)c3ccc(C(F)(F)F)cc32)=CC1C. The zero-order chi connectivity index (χ0) is 24.8. The van der Waals surface area contributed by atoms with E-state index in [1.165, 1.54) is 29.2 Å². The number of nitrogens with zero attached hydrogens (tertiary/aromatic N) is 1. The van der Waals surface area contributed by atoms with Crippen molar-refractivity contribution >= 4 is 23.3 Å². The van der Waals surface area contributed by atoms with Crippen LogP contribution in [0.2, 0.25) is 0 Å². The second-order valence-electron chi connectivity index (χ2n) is 8.55. The van der Waals surface area contributed by atoms with Crippen molar-refractivity contribution in [3.63, 3.8) is 0 Å². The number of alkyl halides is 3. The highest BCUT2D eigenvalue weighted by Crippen LogP contribution is 2.44. The number of benzene rings is 2. The van der Waals surface area contributed by atoms with E-state index in [2.05, 4.69) is 5.32 Å². The Balaban J connectivity index is 1.71. The van der Waals surface area contributed by atoms with Gasteiger partial charge in [-0.2, -0.15) is 13.2 Å². The molecule has 0 saturated heterocycles. The van der Waals surface area contributed by atoms with Gasteiger partial charge in [0.05, 0.1) is 22.9 Å². The number of aromatic carboxylic acids is 1. The van der Waals surface area contributed by atoms with Crippen molar-refractivity contribution in [1.82, 2.24) is 0 Å². The van der Waals surface area contributed by atoms with Crippen LogP contribution in [0.15, 0.2) is 60.3 Å². The number of carbonyl (C=O) groups is 2. The smallest absolute Gasteiger partial charge is 0.416 e. The zero-order valence-corrected chi connectivity index (χ0v) is 18.4. The summed E-state index contributed by atoms with van der Waals surface area (Å²) < 4.78 is 40.3. The van der Waals surface area contributed by atoms with Crippen molar-refractivity contribution in [1.29, 1.82) is 0 Å². The molecule has 0 radical (unpaired) electrons. The molecular weight excluding hydrogens is 449 g/mol. The van der Waals surface area contributed by atoms with Crippen molar-refractivity contribution < 1.29 is 33.0 Å². The van der Waals surface area contributed by atoms with Crippen LogP contribution in [0.4, 0.5) is 24.5 Å². The van der Waals surface area contributed by atoms with Gasteiger partial charge in [-0.05, 0) is 47.7 Å². The maximum absolute atomic E-state index is 13.5. The maximum atomic E-state index is 13.5. The van der Waals surface area contributed by atoms with Crippen molar-refractivity contribution in [2.24, 2.45) is 11.8 Å². The van der Waals surface area contributed by atoms with Gasteiger partial charge in [-0.3, -0.25) is 9.69 Å². The second kappa shape index (κ2) is 8.55. The van der Waals surface area contributed by atoms with E-state index < -0.39 is 35.3 Å². The Kier molecular flexibility index (Phi) is 5.89. The third-order valence-corrected chi connectivity index (χ3v) is 6.35. The van der Waals surface area contributed by atoms with Crippen molar-refractivity contribution in [2.45, 2.75) is 25.9 Å². The molecule has 4 rings (SSSR count). The number of para-hydroxylation sites is 1. The lowest BCUT2D eigenvalue weighted by molar-refractivity contribution is -0.137. The summed E-state index contributed by atoms with van der Waals surface area (Å²) in [6.07, 6.45) is 0.957. The number of carboxylic acid groups (broad SMARTS) is 1. The monoisotopic (exact) mass is 472 g/mol. The van der Waals surface area contributed by atoms with E-state index in [1.54, 1.807) is 6.08 Å². The van der Waals surface area contributed by atoms with Crippen LogP contribution in [0.3, 0.4) is 0 Å². The first-order valence-corrected chi connectivity index (χ1v) is 10.7. The number of aromatic hydroxyl groups is 1. The standard InChI is InChI=1S/C25H23F3N2O4/c1-13-6-8-16(10-14(13)2)30-21-11-15(25(26,27)28)7-9-17(21)19(23(30)32)12-29-20-5-3-4-18(22(20)31)24(33)34/h3-11,13-14,19,29,31H,12H2,1-2H3,(H,33,34). The molecule has 0 aromatic heterocycles. The predicted octanol–water partition coefficient (Wildman–Crippen LogP) is 5.38. The Morgan fingerprint density at radius 1 is 1.15 bits per heavy atom. The quantitative estimate of drug-likeness (QED) is 0.509. The van der Waals surface area contributed by atoms with E-state index in [1.807, 2.05) is 26.0 Å². The molecule has 6 nitrogen and oxygen atoms in total. The number of nitrogens with one attached hydrogen (secondary N) is 1. The minimum atomic E-state index is -4.57. The number of hydrogen-bond donors (Lipinski definition) is 3. The summed E-state index contributed by atoms with van der Waals surface area (Å²) in [6, 6.07) is 7.37. The van der Waals surface area contributed by atoms with Crippen molar-refractivity contribution in [3.05, 3.63) is 77.0 Å². The second-order valence-corrected chi connectivity index (χ2v) is 8.55. The molecule has 3 atom stereocenters. The highest BCUT2D eigenvalue weighted by molar-refractivity contribution is 6.08. The molecule has 1 heterocycles. The molecule has 0 spiro atoms. The van der Waals surface area contributed by atoms with Crippen LogP contribution in [0.25, 0.3) is 0 Å². The number of rotatable bonds is 5. The molecule has 178 valence electrons. The highest BCUT2D eigenvalue weighted by Gasteiger charge is 2.41. The van der Waals surface area contributed by atoms with Gasteiger partial charge in [0.15, 0.2) is 5.75 Å². The number of anilines is 2. The van der Waals surface area contributed by atoms with Crippen LogP contribution in [-0.2, 0) is 11.0 Å². The molecule has 3 unspecified atom stereocenters. The van der Waals surface area contributed by atoms with Crippen molar-refractivity contribution in [3.8, 4) is 5.75 Å². The minimum absolute atomic E-state index is 0.0483. The molecular formula is C25H23F3N2O4. The third kappa shape index (κ3) is 4.13. The van der Waals surface area contributed by atoms with Gasteiger partial charge in [0.2, 0.25) is 5.91 Å². The zero-order valence-electron chi connectivity index (χ0n) is 18.4. The molecule has 0 fully saturated rings. The van der Waals surface area contributed by atoms with Crippen LogP contribution >= 0.6 is 0 Å². The molecule has 1 aliphatic heterocycles. The average molecular weight is 472 g/mol. The van der Waals surface area contributed by atoms with Crippen LogP contribution in [0.1, 0.15) is 41.3 Å². The molecule has 9 heteroatoms. The number of hydrogen-bond acceptors (Lipinski definition) is 4. The topological polar surface area (TPSA) is 89.9 Å². The van der Waals surface area contributed by atoms with Gasteiger partial charge in [-0.1, -0.05) is 38.1 Å². The summed E-state index contributed by atoms with van der Waals surface area (Å²) in [6.45, 7) is 3.94. The number of fused-ring (bicyclic) bond motifs is 1. The van der Waals surface area contributed by atoms with Gasteiger partial charge in [0.1, 0.15) is 5.56 Å². The van der Waals surface area contributed by atoms with Gasteiger partial charge >= 0.3 is 12.1 Å². The van der Waals surface area contributed by atoms with E-state index in [-0.39, 0.29) is 35.3 Å². The van der Waals surface area contributed by atoms with Crippen molar-refractivity contribution in [2.75, 3.05) is 16.8 Å². The molecule has 1 amide bonds. The lowest BCUT2D eigenvalue weighted by Crippen LogP contribution is -2.31. The minimum Gasteiger partial charge on any atom is -0.505 e. The third-order valence-electron chi connectivity index (χ3n) is 6.35. The molecule has 2 aliphatic rings. The lowest BCUT2D eigenvalue weighted by atomic mass is 9.90. The number of phenols is 1. The summed E-state index contributed by atoms with van der Waals surface area (Å²) in [5.41, 5.74) is 0.0347. The molecule has 1 aliphatic carbocycles. The molecule has 2 aromatic rings. The molecule has 0 saturated carbocycles. The van der Waals surface area contributed by atoms with Gasteiger partial charge in [0.25, 0.3) is 0 Å². The van der Waals surface area contributed by atoms with E-state index in [0.29, 0.717) is 11.3 Å². The largest absolute Gasteiger partial charge is 0.505 e. The van der Waals surface area contributed by atoms with Crippen LogP contribution in [0.5, 0.6) is 5.75 Å². The first-order chi connectivity index (χ1) is 16.0. The maximum Gasteiger partial charge on any atom is 0.416 e. The lowest BCUT2D eigenvalue weighted by Gasteiger charge is -2.26. The number of amides is 1. The Labute approximate surface area is 194 Å². The molecule has 2 aromatic carbocycles. The van der Waals surface area contributed by atoms with E-state index in [0.717, 1.165) is 12.1 Å². The van der Waals surface area contributed by atoms with E-state index in [4.69, 9.17) is 0 Å². The van der Waals surface area contributed by atoms with Crippen LogP contribution < -0.4 is 10.2 Å². The molecule has 0 bridgehead atoms. The van der Waals surface area contributed by atoms with Crippen LogP contribution in [0, 0.1) is 11.8 Å². The fourth-order valence-electron chi connectivity index (χ4n) is 4.20. The summed E-state index contributed by atoms with van der Waals surface area (Å²) in [4.78, 5) is 26.1. The molecule has 3 N–H and O–H groups in total. The summed E-state index contributed by atoms with van der Waals surface area (Å²) >= 11 is 0. The van der Waals surface area contributed by atoms with Crippen LogP contribution in [-0.4, -0.2) is 28.6 Å². The fraction of sp³-hybridized carbons (Fsp3) is 0.280. The normalized spacial score (nSPS) is 21.9. The van der Waals surface area contributed by atoms with Gasteiger partial charge in [-0.15, -0.1) is 0 Å². The Morgan fingerprint density at radius 2 is 1.88 bits per heavy atom. The van der Waals surface area contributed by atoms with Gasteiger partial charge in [-0.25, -0.2) is 4.79 Å². The number of allylic oxidation sites excluding steroid dienone is 3. The summed E-state index contributed by atoms with van der Waals surface area (Å²) in [5, 5.41) is 22.3. The Morgan fingerprint density at radius 3 is 2.53 bits per heavy atom. The summed E-state index contributed by atoms with van der Waals surface area (Å²) in [5.74, 6) is -2.72. The van der Waals surface area contributed by atoms with E-state index in [9.17, 15) is 33.0 Å². The number of carbonyl (C=O) groups excluding carboxylic acids is 1. The van der Waals surface area contributed by atoms with E-state index >= 15 is 0 Å². The Hall–Kier alpha value is -3.75. The molecule has 34 heavy (non-hydrogen) atoms. The van der Waals surface area contributed by atoms with Gasteiger partial charge < -0.3 is 15.5 Å². The first-order valence-electron chi connectivity index (χ1n) is 10.7. The van der Waals surface area contributed by atoms with Gasteiger partial charge in [0, 0.05) is 12.2 Å². The average Bonchev–Trinajstić information content (AvgIpc) is 3.04. The highest BCUT2D eigenvalue weighted by atomic mass is 19.4. The summed E-state index contributed by atoms with van der Waals surface area (Å²) in [7, 11) is 0. The Bertz CT molecular complexity index is 1220. The predicted molar refractivity (Wildman–Crippen MR) is 121 cm³/mol. The number of halogens is 3. The fourth-order valence-corrected chi connectivity index (χ4v) is 4.20.